The van der Waals surface area contributed by atoms with E-state index in [9.17, 15) is 4.79 Å². The van der Waals surface area contributed by atoms with Gasteiger partial charge >= 0.3 is 0 Å². The van der Waals surface area contributed by atoms with Gasteiger partial charge in [-0.25, -0.2) is 0 Å². The van der Waals surface area contributed by atoms with Crippen molar-refractivity contribution in [2.75, 3.05) is 17.3 Å². The van der Waals surface area contributed by atoms with Crippen LogP contribution >= 0.6 is 39.3 Å². The van der Waals surface area contributed by atoms with Crippen molar-refractivity contribution in [1.82, 2.24) is 0 Å². The second-order valence-electron chi connectivity index (χ2n) is 4.04. The number of anilines is 1. The highest BCUT2D eigenvalue weighted by molar-refractivity contribution is 9.10. The Morgan fingerprint density at radius 2 is 2.39 bits per heavy atom. The molecule has 0 spiro atoms. The third kappa shape index (κ3) is 2.82. The third-order valence-corrected chi connectivity index (χ3v) is 4.45. The molecule has 1 unspecified atom stereocenters. The molecule has 2 rings (SSSR count). The Bertz CT molecular complexity index is 517. The zero-order chi connectivity index (χ0) is 13.1. The van der Waals surface area contributed by atoms with Crippen LogP contribution in [0.5, 0.6) is 0 Å². The molecule has 0 aromatic heterocycles. The number of hydrogen-bond donors (Lipinski definition) is 0. The van der Waals surface area contributed by atoms with Crippen LogP contribution in [0.3, 0.4) is 0 Å². The number of thiocyanates is 1. The Morgan fingerprint density at radius 3 is 2.94 bits per heavy atom. The molecule has 0 N–H and O–H groups in total. The van der Waals surface area contributed by atoms with Gasteiger partial charge in [-0.3, -0.25) is 4.79 Å². The first kappa shape index (κ1) is 13.7. The van der Waals surface area contributed by atoms with E-state index >= 15 is 0 Å². The van der Waals surface area contributed by atoms with Crippen LogP contribution in [0.15, 0.2) is 27.6 Å². The number of benzene rings is 1. The molecule has 1 heterocycles. The largest absolute Gasteiger partial charge is 0.311 e. The smallest absolute Gasteiger partial charge is 0.227 e. The van der Waals surface area contributed by atoms with E-state index in [1.165, 1.54) is 0 Å². The second kappa shape index (κ2) is 5.96. The minimum atomic E-state index is 0.0991. The van der Waals surface area contributed by atoms with Gasteiger partial charge in [0, 0.05) is 28.2 Å². The topological polar surface area (TPSA) is 44.1 Å². The van der Waals surface area contributed by atoms with Crippen molar-refractivity contribution in [1.29, 1.82) is 5.26 Å². The van der Waals surface area contributed by atoms with Gasteiger partial charge in [0.2, 0.25) is 5.91 Å². The lowest BCUT2D eigenvalue weighted by molar-refractivity contribution is -0.117. The fourth-order valence-electron chi connectivity index (χ4n) is 1.94. The first-order valence-corrected chi connectivity index (χ1v) is 7.52. The average Bonchev–Trinajstić information content (AvgIpc) is 2.71. The molecule has 0 radical (unpaired) electrons. The first-order valence-electron chi connectivity index (χ1n) is 5.37. The molecule has 1 aromatic rings. The molecule has 18 heavy (non-hydrogen) atoms. The van der Waals surface area contributed by atoms with E-state index in [2.05, 4.69) is 15.9 Å². The van der Waals surface area contributed by atoms with E-state index in [-0.39, 0.29) is 11.8 Å². The van der Waals surface area contributed by atoms with Gasteiger partial charge in [-0.2, -0.15) is 5.26 Å². The van der Waals surface area contributed by atoms with Crippen LogP contribution in [0, 0.1) is 16.6 Å². The SMILES string of the molecule is N#CSc1ccc(N2CC(CCl)CC2=O)c(Br)c1. The second-order valence-corrected chi connectivity index (χ2v) is 6.06. The Kier molecular flexibility index (Phi) is 4.55. The molecular weight excluding hydrogens is 336 g/mol. The van der Waals surface area contributed by atoms with E-state index < -0.39 is 0 Å². The van der Waals surface area contributed by atoms with Gasteiger partial charge < -0.3 is 4.90 Å². The molecule has 0 aliphatic carbocycles. The summed E-state index contributed by atoms with van der Waals surface area (Å²) in [5, 5.41) is 10.6. The van der Waals surface area contributed by atoms with Gasteiger partial charge in [0.25, 0.3) is 0 Å². The van der Waals surface area contributed by atoms with Crippen LogP contribution in [0.1, 0.15) is 6.42 Å². The highest BCUT2D eigenvalue weighted by Crippen LogP contribution is 2.34. The molecule has 0 saturated carbocycles. The van der Waals surface area contributed by atoms with Gasteiger partial charge in [-0.05, 0) is 51.8 Å². The summed E-state index contributed by atoms with van der Waals surface area (Å²) < 4.78 is 0.825. The molecule has 1 amide bonds. The molecule has 1 fully saturated rings. The number of hydrogen-bond acceptors (Lipinski definition) is 3. The zero-order valence-electron chi connectivity index (χ0n) is 9.40. The summed E-state index contributed by atoms with van der Waals surface area (Å²) in [5.74, 6) is 0.823. The van der Waals surface area contributed by atoms with Gasteiger partial charge in [0.1, 0.15) is 5.40 Å². The summed E-state index contributed by atoms with van der Waals surface area (Å²) in [6.07, 6.45) is 0.505. The van der Waals surface area contributed by atoms with Crippen molar-refractivity contribution < 1.29 is 4.79 Å². The summed E-state index contributed by atoms with van der Waals surface area (Å²) in [6, 6.07) is 5.55. The highest BCUT2D eigenvalue weighted by atomic mass is 79.9. The van der Waals surface area contributed by atoms with Crippen LogP contribution in [0.25, 0.3) is 0 Å². The first-order chi connectivity index (χ1) is 8.65. The fraction of sp³-hybridized carbons (Fsp3) is 0.333. The van der Waals surface area contributed by atoms with Crippen molar-refractivity contribution in [2.24, 2.45) is 5.92 Å². The molecule has 3 nitrogen and oxygen atoms in total. The fourth-order valence-corrected chi connectivity index (χ4v) is 3.31. The van der Waals surface area contributed by atoms with Gasteiger partial charge in [0.05, 0.1) is 5.69 Å². The molecule has 1 saturated heterocycles. The molecule has 1 atom stereocenters. The van der Waals surface area contributed by atoms with E-state index in [1.807, 2.05) is 23.6 Å². The van der Waals surface area contributed by atoms with Crippen LogP contribution < -0.4 is 4.90 Å². The quantitative estimate of drug-likeness (QED) is 0.477. The van der Waals surface area contributed by atoms with Crippen molar-refractivity contribution >= 4 is 50.9 Å². The molecule has 1 aromatic carbocycles. The number of carbonyl (C=O) groups excluding carboxylic acids is 1. The number of rotatable bonds is 3. The Labute approximate surface area is 123 Å². The number of amides is 1. The zero-order valence-corrected chi connectivity index (χ0v) is 12.6. The van der Waals surface area contributed by atoms with E-state index in [1.54, 1.807) is 4.90 Å². The normalized spacial score (nSPS) is 19.1. The molecule has 1 aliphatic heterocycles. The number of nitriles is 1. The van der Waals surface area contributed by atoms with E-state index in [0.717, 1.165) is 26.8 Å². The average molecular weight is 346 g/mol. The highest BCUT2D eigenvalue weighted by Gasteiger charge is 2.30. The van der Waals surface area contributed by atoms with E-state index in [4.69, 9.17) is 16.9 Å². The predicted molar refractivity (Wildman–Crippen MR) is 76.8 cm³/mol. The Morgan fingerprint density at radius 1 is 1.61 bits per heavy atom. The lowest BCUT2D eigenvalue weighted by Crippen LogP contribution is -2.25. The summed E-state index contributed by atoms with van der Waals surface area (Å²) in [5.41, 5.74) is 0.843. The van der Waals surface area contributed by atoms with Crippen LogP contribution in [0.4, 0.5) is 5.69 Å². The summed E-state index contributed by atoms with van der Waals surface area (Å²) in [6.45, 7) is 0.658. The summed E-state index contributed by atoms with van der Waals surface area (Å²) >= 11 is 10.3. The molecular formula is C12H10BrClN2OS. The predicted octanol–water partition coefficient (Wildman–Crippen LogP) is 3.61. The van der Waals surface area contributed by atoms with Crippen molar-refractivity contribution in [3.8, 4) is 5.40 Å². The number of alkyl halides is 1. The maximum atomic E-state index is 11.9. The van der Waals surface area contributed by atoms with Crippen LogP contribution in [-0.4, -0.2) is 18.3 Å². The van der Waals surface area contributed by atoms with Gasteiger partial charge in [0.15, 0.2) is 0 Å². The monoisotopic (exact) mass is 344 g/mol. The number of carbonyl (C=O) groups is 1. The molecule has 94 valence electrons. The number of nitrogens with zero attached hydrogens (tertiary/aromatic N) is 2. The Balaban J connectivity index is 2.24. The Hall–Kier alpha value is -0.700. The maximum Gasteiger partial charge on any atom is 0.227 e. The number of halogens is 2. The molecule has 0 bridgehead atoms. The third-order valence-electron chi connectivity index (χ3n) is 2.80. The van der Waals surface area contributed by atoms with E-state index in [0.29, 0.717) is 18.8 Å². The minimum Gasteiger partial charge on any atom is -0.311 e. The van der Waals surface area contributed by atoms with Crippen molar-refractivity contribution in [2.45, 2.75) is 11.3 Å². The summed E-state index contributed by atoms with van der Waals surface area (Å²) in [4.78, 5) is 14.5. The number of thioether (sulfide) groups is 1. The van der Waals surface area contributed by atoms with Crippen molar-refractivity contribution in [3.05, 3.63) is 22.7 Å². The molecule has 6 heteroatoms. The standard InChI is InChI=1S/C12H10BrClN2OS/c13-10-4-9(18-7-15)1-2-11(10)16-6-8(5-14)3-12(16)17/h1-2,4,8H,3,5-6H2. The summed E-state index contributed by atoms with van der Waals surface area (Å²) in [7, 11) is 0. The molecule has 1 aliphatic rings. The minimum absolute atomic E-state index is 0.0991. The van der Waals surface area contributed by atoms with Gasteiger partial charge in [-0.15, -0.1) is 11.6 Å². The van der Waals surface area contributed by atoms with Crippen LogP contribution in [0.2, 0.25) is 0 Å². The van der Waals surface area contributed by atoms with Gasteiger partial charge in [-0.1, -0.05) is 0 Å². The maximum absolute atomic E-state index is 11.9. The van der Waals surface area contributed by atoms with Crippen molar-refractivity contribution in [3.63, 3.8) is 0 Å². The lowest BCUT2D eigenvalue weighted by Gasteiger charge is -2.18. The van der Waals surface area contributed by atoms with Crippen LogP contribution in [-0.2, 0) is 4.79 Å². The lowest BCUT2D eigenvalue weighted by atomic mass is 10.1.